The topological polar surface area (TPSA) is 87.3 Å². The summed E-state index contributed by atoms with van der Waals surface area (Å²) in [6.07, 6.45) is 3.65. The van der Waals surface area contributed by atoms with E-state index >= 15 is 0 Å². The zero-order valence-corrected chi connectivity index (χ0v) is 10.8. The Morgan fingerprint density at radius 1 is 0.889 bits per heavy atom. The summed E-state index contributed by atoms with van der Waals surface area (Å²) < 4.78 is 0. The molecule has 0 aromatic rings. The fraction of sp³-hybridized carbons (Fsp3) is 0.750. The minimum absolute atomic E-state index is 0.0374. The van der Waals surface area contributed by atoms with Crippen LogP contribution < -0.4 is 16.0 Å². The zero-order valence-electron chi connectivity index (χ0n) is 10.8. The predicted molar refractivity (Wildman–Crippen MR) is 66.7 cm³/mol. The minimum Gasteiger partial charge on any atom is -0.355 e. The van der Waals surface area contributed by atoms with Gasteiger partial charge in [-0.25, -0.2) is 0 Å². The van der Waals surface area contributed by atoms with Crippen molar-refractivity contribution < 1.29 is 14.4 Å². The second-order valence-electron chi connectivity index (χ2n) is 4.59. The largest absolute Gasteiger partial charge is 0.355 e. The minimum atomic E-state index is -0.345. The van der Waals surface area contributed by atoms with E-state index in [4.69, 9.17) is 0 Å². The van der Waals surface area contributed by atoms with E-state index in [9.17, 15) is 14.4 Å². The van der Waals surface area contributed by atoms with Crippen molar-refractivity contribution in [2.45, 2.75) is 32.6 Å². The summed E-state index contributed by atoms with van der Waals surface area (Å²) in [5.74, 6) is -0.718. The molecule has 1 aliphatic rings. The summed E-state index contributed by atoms with van der Waals surface area (Å²) in [6, 6.07) is 0. The molecular formula is C12H21N3O3. The lowest BCUT2D eigenvalue weighted by atomic mass is 10.0. The highest BCUT2D eigenvalue weighted by Gasteiger charge is 2.14. The van der Waals surface area contributed by atoms with Crippen LogP contribution in [0.1, 0.15) is 32.6 Å². The van der Waals surface area contributed by atoms with Gasteiger partial charge in [-0.3, -0.25) is 14.4 Å². The molecule has 6 nitrogen and oxygen atoms in total. The van der Waals surface area contributed by atoms with Gasteiger partial charge in [-0.2, -0.15) is 0 Å². The quantitative estimate of drug-likeness (QED) is 0.547. The van der Waals surface area contributed by atoms with E-state index in [1.165, 1.54) is 0 Å². The van der Waals surface area contributed by atoms with Crippen LogP contribution in [0.15, 0.2) is 0 Å². The van der Waals surface area contributed by atoms with Gasteiger partial charge in [0.05, 0.1) is 13.1 Å². The highest BCUT2D eigenvalue weighted by Crippen LogP contribution is 2.09. The summed E-state index contributed by atoms with van der Waals surface area (Å²) >= 11 is 0. The molecule has 6 heteroatoms. The standard InChI is InChI=1S/C12H21N3O3/c1-9-5-3-2-4-6-13-10(16)7-14-11(17)8-15-12(9)18/h9H,2-8H2,1H3,(H,13,16)(H,14,17)(H,15,18). The Morgan fingerprint density at radius 3 is 2.33 bits per heavy atom. The van der Waals surface area contributed by atoms with E-state index in [1.54, 1.807) is 0 Å². The first kappa shape index (κ1) is 14.5. The van der Waals surface area contributed by atoms with E-state index in [-0.39, 0.29) is 36.7 Å². The second-order valence-corrected chi connectivity index (χ2v) is 4.59. The Kier molecular flexibility index (Phi) is 6.18. The highest BCUT2D eigenvalue weighted by atomic mass is 16.2. The molecule has 3 N–H and O–H groups in total. The molecule has 3 amide bonds. The molecular weight excluding hydrogens is 234 g/mol. The lowest BCUT2D eigenvalue weighted by Gasteiger charge is -2.13. The first-order valence-corrected chi connectivity index (χ1v) is 6.40. The molecule has 0 aromatic heterocycles. The predicted octanol–water partition coefficient (Wildman–Crippen LogP) is -0.455. The van der Waals surface area contributed by atoms with Crippen molar-refractivity contribution in [1.82, 2.24) is 16.0 Å². The van der Waals surface area contributed by atoms with Gasteiger partial charge in [-0.15, -0.1) is 0 Å². The number of rotatable bonds is 0. The summed E-state index contributed by atoms with van der Waals surface area (Å²) in [7, 11) is 0. The lowest BCUT2D eigenvalue weighted by Crippen LogP contribution is -2.43. The molecule has 1 atom stereocenters. The molecule has 0 saturated carbocycles. The fourth-order valence-electron chi connectivity index (χ4n) is 1.76. The Bertz CT molecular complexity index is 318. The maximum atomic E-state index is 11.6. The number of amides is 3. The number of nitrogens with one attached hydrogen (secondary N) is 3. The third kappa shape index (κ3) is 5.65. The zero-order chi connectivity index (χ0) is 13.4. The van der Waals surface area contributed by atoms with Crippen LogP contribution >= 0.6 is 0 Å². The van der Waals surface area contributed by atoms with Crippen LogP contribution in [0.25, 0.3) is 0 Å². The molecule has 0 aliphatic carbocycles. The SMILES string of the molecule is CC1CCCCCNC(=O)CNC(=O)CNC1=O. The Labute approximate surface area is 107 Å². The van der Waals surface area contributed by atoms with Crippen LogP contribution in [0.3, 0.4) is 0 Å². The molecule has 1 fully saturated rings. The Balaban J connectivity index is 2.46. The van der Waals surface area contributed by atoms with Crippen molar-refractivity contribution >= 4 is 17.7 Å². The van der Waals surface area contributed by atoms with Crippen molar-refractivity contribution in [3.63, 3.8) is 0 Å². The van der Waals surface area contributed by atoms with Gasteiger partial charge >= 0.3 is 0 Å². The molecule has 1 rings (SSSR count). The van der Waals surface area contributed by atoms with Crippen molar-refractivity contribution in [3.8, 4) is 0 Å². The third-order valence-corrected chi connectivity index (χ3v) is 2.95. The molecule has 18 heavy (non-hydrogen) atoms. The van der Waals surface area contributed by atoms with Crippen molar-refractivity contribution in [2.24, 2.45) is 5.92 Å². The van der Waals surface area contributed by atoms with Gasteiger partial charge in [0.25, 0.3) is 0 Å². The van der Waals surface area contributed by atoms with E-state index in [2.05, 4.69) is 16.0 Å². The normalized spacial score (nSPS) is 24.5. The van der Waals surface area contributed by atoms with Crippen molar-refractivity contribution in [3.05, 3.63) is 0 Å². The van der Waals surface area contributed by atoms with Gasteiger partial charge in [0.15, 0.2) is 0 Å². The smallest absolute Gasteiger partial charge is 0.239 e. The summed E-state index contributed by atoms with van der Waals surface area (Å²) in [6.45, 7) is 2.37. The van der Waals surface area contributed by atoms with Crippen molar-refractivity contribution in [2.75, 3.05) is 19.6 Å². The van der Waals surface area contributed by atoms with Gasteiger partial charge in [0.2, 0.25) is 17.7 Å². The summed E-state index contributed by atoms with van der Waals surface area (Å²) in [4.78, 5) is 34.3. The first-order chi connectivity index (χ1) is 8.59. The van der Waals surface area contributed by atoms with E-state index < -0.39 is 0 Å². The molecule has 1 unspecified atom stereocenters. The van der Waals surface area contributed by atoms with Crippen LogP contribution in [-0.4, -0.2) is 37.4 Å². The number of carbonyl (C=O) groups is 3. The van der Waals surface area contributed by atoms with E-state index in [1.807, 2.05) is 6.92 Å². The first-order valence-electron chi connectivity index (χ1n) is 6.40. The van der Waals surface area contributed by atoms with Crippen molar-refractivity contribution in [1.29, 1.82) is 0 Å². The van der Waals surface area contributed by atoms with Crippen LogP contribution in [-0.2, 0) is 14.4 Å². The van der Waals surface area contributed by atoms with Crippen LogP contribution in [0.4, 0.5) is 0 Å². The number of carbonyl (C=O) groups excluding carboxylic acids is 3. The molecule has 0 radical (unpaired) electrons. The van der Waals surface area contributed by atoms with Crippen LogP contribution in [0, 0.1) is 5.92 Å². The van der Waals surface area contributed by atoms with E-state index in [0.717, 1.165) is 25.7 Å². The summed E-state index contributed by atoms with van der Waals surface area (Å²) in [5.41, 5.74) is 0. The summed E-state index contributed by atoms with van der Waals surface area (Å²) in [5, 5.41) is 7.76. The van der Waals surface area contributed by atoms with Crippen LogP contribution in [0.2, 0.25) is 0 Å². The van der Waals surface area contributed by atoms with Gasteiger partial charge in [0.1, 0.15) is 0 Å². The van der Waals surface area contributed by atoms with Gasteiger partial charge in [0, 0.05) is 12.5 Å². The highest BCUT2D eigenvalue weighted by molar-refractivity contribution is 5.88. The monoisotopic (exact) mass is 255 g/mol. The Hall–Kier alpha value is -1.59. The molecule has 0 spiro atoms. The lowest BCUT2D eigenvalue weighted by molar-refractivity contribution is -0.129. The average Bonchev–Trinajstić information content (AvgIpc) is 2.36. The maximum Gasteiger partial charge on any atom is 0.239 e. The molecule has 1 saturated heterocycles. The molecule has 0 aromatic carbocycles. The van der Waals surface area contributed by atoms with Gasteiger partial charge in [-0.05, 0) is 12.8 Å². The van der Waals surface area contributed by atoms with Crippen LogP contribution in [0.5, 0.6) is 0 Å². The second kappa shape index (κ2) is 7.68. The molecule has 102 valence electrons. The number of hydrogen-bond donors (Lipinski definition) is 3. The Morgan fingerprint density at radius 2 is 1.56 bits per heavy atom. The molecule has 1 heterocycles. The third-order valence-electron chi connectivity index (χ3n) is 2.95. The maximum absolute atomic E-state index is 11.6. The van der Waals surface area contributed by atoms with E-state index in [0.29, 0.717) is 6.54 Å². The molecule has 0 bridgehead atoms. The fourth-order valence-corrected chi connectivity index (χ4v) is 1.76. The molecule has 1 aliphatic heterocycles. The van der Waals surface area contributed by atoms with Gasteiger partial charge < -0.3 is 16.0 Å². The number of hydrogen-bond acceptors (Lipinski definition) is 3. The average molecular weight is 255 g/mol. The van der Waals surface area contributed by atoms with Gasteiger partial charge in [-0.1, -0.05) is 19.8 Å².